The fraction of sp³-hybridized carbons (Fsp3) is 0.500. The van der Waals surface area contributed by atoms with Crippen molar-refractivity contribution in [3.63, 3.8) is 0 Å². The number of allylic oxidation sites excluding steroid dienone is 2. The summed E-state index contributed by atoms with van der Waals surface area (Å²) in [6, 6.07) is 0. The van der Waals surface area contributed by atoms with Crippen LogP contribution in [-0.2, 0) is 14.3 Å². The van der Waals surface area contributed by atoms with Crippen molar-refractivity contribution in [1.29, 1.82) is 0 Å². The summed E-state index contributed by atoms with van der Waals surface area (Å²) in [5.41, 5.74) is 0.572. The van der Waals surface area contributed by atoms with Gasteiger partial charge in [-0.3, -0.25) is 0 Å². The lowest BCUT2D eigenvalue weighted by Crippen LogP contribution is -2.15. The zero-order valence-electron chi connectivity index (χ0n) is 7.95. The molecule has 0 unspecified atom stereocenters. The summed E-state index contributed by atoms with van der Waals surface area (Å²) < 4.78 is 9.98. The van der Waals surface area contributed by atoms with Crippen LogP contribution in [0.5, 0.6) is 0 Å². The predicted molar refractivity (Wildman–Crippen MR) is 49.0 cm³/mol. The number of carbonyl (C=O) groups excluding carboxylic acids is 1. The molecular formula is C10H14O3. The minimum Gasteiger partial charge on any atom is -0.496 e. The summed E-state index contributed by atoms with van der Waals surface area (Å²) in [6.07, 6.45) is 4.96. The second-order valence-corrected chi connectivity index (χ2v) is 3.32. The van der Waals surface area contributed by atoms with Gasteiger partial charge in [-0.2, -0.15) is 0 Å². The van der Waals surface area contributed by atoms with E-state index in [0.717, 1.165) is 0 Å². The third-order valence-electron chi connectivity index (χ3n) is 1.52. The summed E-state index contributed by atoms with van der Waals surface area (Å²) in [7, 11) is 0. The molecule has 0 aromatic heterocycles. The third kappa shape index (κ3) is 3.32. The van der Waals surface area contributed by atoms with E-state index in [0.29, 0.717) is 24.7 Å². The van der Waals surface area contributed by atoms with Crippen LogP contribution in [0.3, 0.4) is 0 Å². The largest absolute Gasteiger partial charge is 0.496 e. The number of hydrogen-bond donors (Lipinski definition) is 0. The molecule has 0 atom stereocenters. The number of carbonyl (C=O) groups is 1. The first-order valence-corrected chi connectivity index (χ1v) is 4.34. The molecule has 0 aliphatic carbocycles. The molecule has 0 saturated heterocycles. The summed E-state index contributed by atoms with van der Waals surface area (Å²) >= 11 is 0. The molecule has 1 rings (SSSR count). The van der Waals surface area contributed by atoms with Crippen molar-refractivity contribution in [2.45, 2.75) is 13.8 Å². The fourth-order valence-corrected chi connectivity index (χ4v) is 0.859. The molecule has 1 heterocycles. The van der Waals surface area contributed by atoms with E-state index in [1.165, 1.54) is 0 Å². The molecule has 3 heteroatoms. The topological polar surface area (TPSA) is 35.5 Å². The summed E-state index contributed by atoms with van der Waals surface area (Å²) in [4.78, 5) is 11.3. The highest BCUT2D eigenvalue weighted by Crippen LogP contribution is 2.06. The second kappa shape index (κ2) is 4.70. The second-order valence-electron chi connectivity index (χ2n) is 3.32. The average Bonchev–Trinajstić information content (AvgIpc) is 2.15. The number of hydrogen-bond acceptors (Lipinski definition) is 3. The van der Waals surface area contributed by atoms with E-state index < -0.39 is 0 Å². The first-order valence-electron chi connectivity index (χ1n) is 4.34. The molecule has 0 N–H and O–H groups in total. The van der Waals surface area contributed by atoms with Crippen molar-refractivity contribution in [3.05, 3.63) is 24.0 Å². The van der Waals surface area contributed by atoms with E-state index in [1.807, 2.05) is 13.8 Å². The van der Waals surface area contributed by atoms with Gasteiger partial charge in [-0.25, -0.2) is 4.79 Å². The first kappa shape index (κ1) is 9.84. The van der Waals surface area contributed by atoms with Crippen LogP contribution in [0.25, 0.3) is 0 Å². The van der Waals surface area contributed by atoms with Crippen molar-refractivity contribution >= 4 is 5.97 Å². The zero-order chi connectivity index (χ0) is 9.68. The van der Waals surface area contributed by atoms with Crippen molar-refractivity contribution < 1.29 is 14.3 Å². The van der Waals surface area contributed by atoms with Crippen LogP contribution in [0.2, 0.25) is 0 Å². The van der Waals surface area contributed by atoms with Gasteiger partial charge in [0.2, 0.25) is 0 Å². The van der Waals surface area contributed by atoms with Gasteiger partial charge in [-0.05, 0) is 18.1 Å². The lowest BCUT2D eigenvalue weighted by Gasteiger charge is -2.11. The summed E-state index contributed by atoms with van der Waals surface area (Å²) in [5, 5.41) is 0. The normalized spacial score (nSPS) is 15.2. The fourth-order valence-electron chi connectivity index (χ4n) is 0.859. The highest BCUT2D eigenvalue weighted by atomic mass is 16.5. The van der Waals surface area contributed by atoms with E-state index in [2.05, 4.69) is 0 Å². The zero-order valence-corrected chi connectivity index (χ0v) is 7.95. The molecule has 0 aromatic rings. The highest BCUT2D eigenvalue weighted by Gasteiger charge is 2.12. The Hall–Kier alpha value is -1.25. The van der Waals surface area contributed by atoms with Gasteiger partial charge in [0.15, 0.2) is 0 Å². The van der Waals surface area contributed by atoms with Gasteiger partial charge in [-0.1, -0.05) is 13.8 Å². The quantitative estimate of drug-likeness (QED) is 0.622. The van der Waals surface area contributed by atoms with Gasteiger partial charge in [0.1, 0.15) is 6.61 Å². The number of rotatable bonds is 3. The van der Waals surface area contributed by atoms with Gasteiger partial charge in [0.05, 0.1) is 18.4 Å². The number of ether oxygens (including phenoxy) is 2. The Morgan fingerprint density at radius 3 is 3.00 bits per heavy atom. The maximum Gasteiger partial charge on any atom is 0.337 e. The molecule has 1 aliphatic heterocycles. The van der Waals surface area contributed by atoms with E-state index in [4.69, 9.17) is 9.47 Å². The Labute approximate surface area is 78.0 Å². The lowest BCUT2D eigenvalue weighted by molar-refractivity contribution is -0.140. The summed E-state index contributed by atoms with van der Waals surface area (Å²) in [6.45, 7) is 4.77. The van der Waals surface area contributed by atoms with Crippen molar-refractivity contribution in [2.75, 3.05) is 13.2 Å². The Kier molecular flexibility index (Phi) is 3.55. The van der Waals surface area contributed by atoms with Crippen LogP contribution in [-0.4, -0.2) is 19.2 Å². The van der Waals surface area contributed by atoms with E-state index in [-0.39, 0.29) is 5.97 Å². The molecule has 0 radical (unpaired) electrons. The molecule has 0 aromatic carbocycles. The molecule has 13 heavy (non-hydrogen) atoms. The van der Waals surface area contributed by atoms with Crippen molar-refractivity contribution in [2.24, 2.45) is 5.92 Å². The van der Waals surface area contributed by atoms with Gasteiger partial charge < -0.3 is 9.47 Å². The summed E-state index contributed by atoms with van der Waals surface area (Å²) in [5.74, 6) is 0.0858. The molecule has 0 saturated carbocycles. The Balaban J connectivity index is 2.38. The minimum absolute atomic E-state index is 0.280. The van der Waals surface area contributed by atoms with Gasteiger partial charge >= 0.3 is 5.97 Å². The molecule has 72 valence electrons. The predicted octanol–water partition coefficient (Wildman–Crippen LogP) is 1.66. The van der Waals surface area contributed by atoms with E-state index in [1.54, 1.807) is 18.4 Å². The van der Waals surface area contributed by atoms with Crippen LogP contribution in [0.1, 0.15) is 13.8 Å². The van der Waals surface area contributed by atoms with Gasteiger partial charge in [0, 0.05) is 0 Å². The molecule has 0 bridgehead atoms. The first-order chi connectivity index (χ1) is 6.20. The van der Waals surface area contributed by atoms with Crippen LogP contribution in [0.4, 0.5) is 0 Å². The Morgan fingerprint density at radius 1 is 1.69 bits per heavy atom. The Bertz CT molecular complexity index is 239. The van der Waals surface area contributed by atoms with Crippen LogP contribution in [0.15, 0.2) is 24.0 Å². The Morgan fingerprint density at radius 2 is 2.46 bits per heavy atom. The van der Waals surface area contributed by atoms with E-state index >= 15 is 0 Å². The monoisotopic (exact) mass is 182 g/mol. The molecule has 0 fully saturated rings. The standard InChI is InChI=1S/C10H14O3/c1-8(2)6-13-10(11)9-4-3-5-12-7-9/h3-5,8H,6-7H2,1-2H3. The molecular weight excluding hydrogens is 168 g/mol. The van der Waals surface area contributed by atoms with Crippen LogP contribution in [0, 0.1) is 5.92 Å². The molecule has 0 amide bonds. The molecule has 1 aliphatic rings. The molecule has 0 spiro atoms. The maximum absolute atomic E-state index is 11.3. The average molecular weight is 182 g/mol. The van der Waals surface area contributed by atoms with Gasteiger partial charge in [-0.15, -0.1) is 0 Å². The van der Waals surface area contributed by atoms with E-state index in [9.17, 15) is 4.79 Å². The van der Waals surface area contributed by atoms with Crippen molar-refractivity contribution in [1.82, 2.24) is 0 Å². The molecule has 3 nitrogen and oxygen atoms in total. The highest BCUT2D eigenvalue weighted by molar-refractivity contribution is 5.89. The van der Waals surface area contributed by atoms with Crippen LogP contribution >= 0.6 is 0 Å². The lowest BCUT2D eigenvalue weighted by atomic mass is 10.2. The van der Waals surface area contributed by atoms with Crippen LogP contribution < -0.4 is 0 Å². The number of esters is 1. The smallest absolute Gasteiger partial charge is 0.337 e. The third-order valence-corrected chi connectivity index (χ3v) is 1.52. The van der Waals surface area contributed by atoms with Gasteiger partial charge in [0.25, 0.3) is 0 Å². The van der Waals surface area contributed by atoms with Crippen molar-refractivity contribution in [3.8, 4) is 0 Å². The SMILES string of the molecule is CC(C)COC(=O)C1=CC=COC1. The maximum atomic E-state index is 11.3. The minimum atomic E-state index is -0.280.